The van der Waals surface area contributed by atoms with Gasteiger partial charge in [0, 0.05) is 17.6 Å². The van der Waals surface area contributed by atoms with Crippen molar-refractivity contribution in [1.29, 1.82) is 0 Å². The highest BCUT2D eigenvalue weighted by Crippen LogP contribution is 2.55. The molecule has 6 rings (SSSR count). The molecule has 0 saturated heterocycles. The van der Waals surface area contributed by atoms with E-state index in [1.165, 1.54) is 44.1 Å². The third-order valence-corrected chi connectivity index (χ3v) is 6.28. The maximum atomic E-state index is 3.96. The van der Waals surface area contributed by atoms with E-state index >= 15 is 0 Å². The Kier molecular flexibility index (Phi) is 3.05. The van der Waals surface area contributed by atoms with Crippen molar-refractivity contribution in [3.8, 4) is 11.4 Å². The van der Waals surface area contributed by atoms with Gasteiger partial charge in [0.1, 0.15) is 0 Å². The normalized spacial score (nSPS) is 34.9. The fourth-order valence-electron chi connectivity index (χ4n) is 5.68. The van der Waals surface area contributed by atoms with Crippen molar-refractivity contribution in [1.82, 2.24) is 25.9 Å². The van der Waals surface area contributed by atoms with Gasteiger partial charge in [0.05, 0.1) is 0 Å². The minimum atomic E-state index is 0.433. The molecule has 1 aromatic heterocycles. The van der Waals surface area contributed by atoms with Crippen molar-refractivity contribution in [3.63, 3.8) is 0 Å². The van der Waals surface area contributed by atoms with Gasteiger partial charge in [-0.2, -0.15) is 0 Å². The molecule has 23 heavy (non-hydrogen) atoms. The van der Waals surface area contributed by atoms with Gasteiger partial charge < -0.3 is 5.32 Å². The third kappa shape index (κ3) is 2.47. The van der Waals surface area contributed by atoms with Crippen LogP contribution in [-0.2, 0) is 6.54 Å². The van der Waals surface area contributed by atoms with Gasteiger partial charge in [0.2, 0.25) is 0 Å². The van der Waals surface area contributed by atoms with Crippen LogP contribution in [0.2, 0.25) is 0 Å². The lowest BCUT2D eigenvalue weighted by Crippen LogP contribution is -2.58. The van der Waals surface area contributed by atoms with Crippen LogP contribution in [0, 0.1) is 17.8 Å². The second-order valence-corrected chi connectivity index (χ2v) is 8.00. The van der Waals surface area contributed by atoms with Crippen molar-refractivity contribution in [2.24, 2.45) is 17.8 Å². The Morgan fingerprint density at radius 1 is 1.00 bits per heavy atom. The van der Waals surface area contributed by atoms with Gasteiger partial charge in [-0.15, -0.1) is 5.10 Å². The van der Waals surface area contributed by atoms with Crippen LogP contribution in [0.5, 0.6) is 0 Å². The number of hydrogen-bond donors (Lipinski definition) is 2. The Morgan fingerprint density at radius 3 is 2.22 bits per heavy atom. The number of rotatable bonds is 4. The maximum Gasteiger partial charge on any atom is 0.179 e. The predicted molar refractivity (Wildman–Crippen MR) is 87.4 cm³/mol. The molecule has 0 spiro atoms. The van der Waals surface area contributed by atoms with E-state index in [9.17, 15) is 0 Å². The Bertz CT molecular complexity index is 641. The van der Waals surface area contributed by atoms with Crippen LogP contribution in [0.25, 0.3) is 11.4 Å². The van der Waals surface area contributed by atoms with E-state index in [2.05, 4.69) is 50.2 Å². The number of hydrogen-bond acceptors (Lipinski definition) is 4. The third-order valence-electron chi connectivity index (χ3n) is 6.28. The van der Waals surface area contributed by atoms with Gasteiger partial charge in [-0.1, -0.05) is 24.3 Å². The van der Waals surface area contributed by atoms with Crippen LogP contribution in [0.3, 0.4) is 0 Å². The highest BCUT2D eigenvalue weighted by molar-refractivity contribution is 5.54. The van der Waals surface area contributed by atoms with Crippen LogP contribution < -0.4 is 5.32 Å². The number of aromatic amines is 1. The highest BCUT2D eigenvalue weighted by Gasteiger charge is 2.50. The van der Waals surface area contributed by atoms with Crippen LogP contribution in [0.15, 0.2) is 24.3 Å². The first-order chi connectivity index (χ1) is 11.3. The SMILES string of the molecule is c1cc(-c2nnn[nH]2)ccc1CNC12CC3CC(CC(C3)C1)C2. The predicted octanol–water partition coefficient (Wildman–Crippen LogP) is 2.93. The number of nitrogens with one attached hydrogen (secondary N) is 2. The summed E-state index contributed by atoms with van der Waals surface area (Å²) in [6, 6.07) is 8.56. The minimum Gasteiger partial charge on any atom is -0.307 e. The minimum absolute atomic E-state index is 0.433. The van der Waals surface area contributed by atoms with Gasteiger partial charge in [-0.25, -0.2) is 5.10 Å². The lowest BCUT2D eigenvalue weighted by atomic mass is 9.53. The molecular weight excluding hydrogens is 286 g/mol. The first-order valence-corrected chi connectivity index (χ1v) is 8.86. The van der Waals surface area contributed by atoms with Crippen molar-refractivity contribution in [2.75, 3.05) is 0 Å². The second kappa shape index (κ2) is 5.13. The molecule has 5 nitrogen and oxygen atoms in total. The van der Waals surface area contributed by atoms with E-state index in [4.69, 9.17) is 0 Å². The summed E-state index contributed by atoms with van der Waals surface area (Å²) < 4.78 is 0. The zero-order valence-corrected chi connectivity index (χ0v) is 13.3. The zero-order valence-electron chi connectivity index (χ0n) is 13.3. The summed E-state index contributed by atoms with van der Waals surface area (Å²) in [6.45, 7) is 0.973. The molecule has 120 valence electrons. The summed E-state index contributed by atoms with van der Waals surface area (Å²) in [7, 11) is 0. The highest BCUT2D eigenvalue weighted by atomic mass is 15.5. The summed E-state index contributed by atoms with van der Waals surface area (Å²) in [5.74, 6) is 3.71. The van der Waals surface area contributed by atoms with E-state index in [1.54, 1.807) is 0 Å². The molecule has 5 heteroatoms. The molecule has 0 unspecified atom stereocenters. The molecule has 4 aliphatic rings. The lowest BCUT2D eigenvalue weighted by Gasteiger charge is -2.57. The number of aromatic nitrogens is 4. The Labute approximate surface area is 136 Å². The fourth-order valence-corrected chi connectivity index (χ4v) is 5.68. The molecule has 0 radical (unpaired) electrons. The molecule has 2 aromatic rings. The molecular formula is C18H23N5. The van der Waals surface area contributed by atoms with E-state index in [1.807, 2.05) is 0 Å². The van der Waals surface area contributed by atoms with Crippen LogP contribution in [0.1, 0.15) is 44.1 Å². The molecule has 4 fully saturated rings. The molecule has 4 saturated carbocycles. The summed E-state index contributed by atoms with van der Waals surface area (Å²) >= 11 is 0. The van der Waals surface area contributed by atoms with Gasteiger partial charge in [-0.3, -0.25) is 0 Å². The molecule has 0 atom stereocenters. The van der Waals surface area contributed by atoms with Gasteiger partial charge in [-0.05, 0) is 72.3 Å². The van der Waals surface area contributed by atoms with Gasteiger partial charge in [0.15, 0.2) is 5.82 Å². The number of nitrogens with zero attached hydrogens (tertiary/aromatic N) is 3. The largest absolute Gasteiger partial charge is 0.307 e. The van der Waals surface area contributed by atoms with E-state index < -0.39 is 0 Å². The first-order valence-electron chi connectivity index (χ1n) is 8.86. The van der Waals surface area contributed by atoms with Gasteiger partial charge in [0.25, 0.3) is 0 Å². The summed E-state index contributed by atoms with van der Waals surface area (Å²) in [4.78, 5) is 0. The number of benzene rings is 1. The molecule has 4 bridgehead atoms. The number of tetrazole rings is 1. The average molecular weight is 309 g/mol. The zero-order chi connectivity index (χ0) is 15.3. The Morgan fingerprint density at radius 2 is 1.65 bits per heavy atom. The van der Waals surface area contributed by atoms with Crippen LogP contribution in [0.4, 0.5) is 0 Å². The van der Waals surface area contributed by atoms with Crippen LogP contribution >= 0.6 is 0 Å². The fraction of sp³-hybridized carbons (Fsp3) is 0.611. The quantitative estimate of drug-likeness (QED) is 0.911. The molecule has 4 aliphatic carbocycles. The second-order valence-electron chi connectivity index (χ2n) is 8.00. The monoisotopic (exact) mass is 309 g/mol. The topological polar surface area (TPSA) is 66.5 Å². The van der Waals surface area contributed by atoms with Crippen LogP contribution in [-0.4, -0.2) is 26.2 Å². The Balaban J connectivity index is 1.28. The van der Waals surface area contributed by atoms with Crippen molar-refractivity contribution >= 4 is 0 Å². The first kappa shape index (κ1) is 13.7. The number of H-pyrrole nitrogens is 1. The standard InChI is InChI=1S/C18H23N5/c1-3-16(17-20-22-23-21-17)4-2-12(1)11-19-18-8-13-5-14(9-18)7-15(6-13)10-18/h1-4,13-15,19H,5-11H2,(H,20,21,22,23). The smallest absolute Gasteiger partial charge is 0.179 e. The van der Waals surface area contributed by atoms with E-state index in [0.717, 1.165) is 35.7 Å². The summed E-state index contributed by atoms with van der Waals surface area (Å²) in [6.07, 6.45) is 8.71. The van der Waals surface area contributed by atoms with Crippen molar-refractivity contribution in [2.45, 2.75) is 50.6 Å². The van der Waals surface area contributed by atoms with Crippen molar-refractivity contribution < 1.29 is 0 Å². The van der Waals surface area contributed by atoms with E-state index in [0.29, 0.717) is 5.54 Å². The molecule has 1 aromatic carbocycles. The summed E-state index contributed by atoms with van der Waals surface area (Å²) in [5.41, 5.74) is 2.81. The van der Waals surface area contributed by atoms with Gasteiger partial charge >= 0.3 is 0 Å². The lowest BCUT2D eigenvalue weighted by molar-refractivity contribution is -0.0206. The average Bonchev–Trinajstić information content (AvgIpc) is 3.07. The molecule has 0 aliphatic heterocycles. The molecule has 2 N–H and O–H groups in total. The molecule has 1 heterocycles. The molecule has 0 amide bonds. The summed E-state index contributed by atoms with van der Waals surface area (Å²) in [5, 5.41) is 18.0. The van der Waals surface area contributed by atoms with E-state index in [-0.39, 0.29) is 0 Å². The maximum absolute atomic E-state index is 3.96. The van der Waals surface area contributed by atoms with Crippen molar-refractivity contribution in [3.05, 3.63) is 29.8 Å². The Hall–Kier alpha value is -1.75.